The third-order valence-electron chi connectivity index (χ3n) is 5.60. The van der Waals surface area contributed by atoms with Gasteiger partial charge in [0.2, 0.25) is 5.91 Å². The highest BCUT2D eigenvalue weighted by Gasteiger charge is 2.29. The summed E-state index contributed by atoms with van der Waals surface area (Å²) in [4.78, 5) is 19.5. The maximum absolute atomic E-state index is 13.0. The lowest BCUT2D eigenvalue weighted by molar-refractivity contribution is -0.134. The van der Waals surface area contributed by atoms with Crippen LogP contribution in [0.2, 0.25) is 0 Å². The van der Waals surface area contributed by atoms with Gasteiger partial charge >= 0.3 is 0 Å². The van der Waals surface area contributed by atoms with Gasteiger partial charge in [0.15, 0.2) is 11.0 Å². The first kappa shape index (κ1) is 20.6. The van der Waals surface area contributed by atoms with Gasteiger partial charge in [-0.25, -0.2) is 0 Å². The fraction of sp³-hybridized carbons (Fsp3) is 0.391. The number of benzene rings is 1. The van der Waals surface area contributed by atoms with Gasteiger partial charge in [-0.05, 0) is 50.8 Å². The van der Waals surface area contributed by atoms with E-state index in [4.69, 9.17) is 0 Å². The zero-order valence-electron chi connectivity index (χ0n) is 17.4. The van der Waals surface area contributed by atoms with E-state index in [-0.39, 0.29) is 5.91 Å². The Balaban J connectivity index is 1.56. The molecule has 3 heterocycles. The number of likely N-dealkylation sites (tertiary alicyclic amines) is 1. The molecule has 156 valence electrons. The van der Waals surface area contributed by atoms with Crippen LogP contribution in [0.4, 0.5) is 0 Å². The standard InChI is InChI=1S/C23H27N5OS/c1-17-9-8-10-18(2)28(17)21(29)16-30-23-26-25-22(20-13-6-7-14-24-20)27(23)15-19-11-4-3-5-12-19/h3-7,11-14,17-18H,8-10,15-16H2,1-2H3/t17-,18-/m0/s1. The van der Waals surface area contributed by atoms with Gasteiger partial charge in [-0.15, -0.1) is 10.2 Å². The van der Waals surface area contributed by atoms with Gasteiger partial charge in [0.1, 0.15) is 5.69 Å². The van der Waals surface area contributed by atoms with Crippen molar-refractivity contribution in [1.82, 2.24) is 24.6 Å². The number of carbonyl (C=O) groups is 1. The lowest BCUT2D eigenvalue weighted by Gasteiger charge is -2.39. The molecule has 0 aliphatic carbocycles. The number of piperidine rings is 1. The Bertz CT molecular complexity index is 966. The van der Waals surface area contributed by atoms with Crippen LogP contribution in [0, 0.1) is 0 Å². The van der Waals surface area contributed by atoms with E-state index in [9.17, 15) is 4.79 Å². The fourth-order valence-electron chi connectivity index (χ4n) is 4.10. The molecule has 1 aliphatic heterocycles. The summed E-state index contributed by atoms with van der Waals surface area (Å²) in [5.74, 6) is 1.26. The van der Waals surface area contributed by atoms with E-state index in [0.29, 0.717) is 30.2 Å². The Hall–Kier alpha value is -2.67. The summed E-state index contributed by atoms with van der Waals surface area (Å²) in [6.45, 7) is 4.93. The third kappa shape index (κ3) is 4.56. The highest BCUT2D eigenvalue weighted by Crippen LogP contribution is 2.27. The van der Waals surface area contributed by atoms with Crippen molar-refractivity contribution >= 4 is 17.7 Å². The molecule has 0 spiro atoms. The molecule has 0 saturated carbocycles. The number of carbonyl (C=O) groups excluding carboxylic acids is 1. The molecule has 0 N–H and O–H groups in total. The van der Waals surface area contributed by atoms with E-state index in [1.165, 1.54) is 18.2 Å². The molecule has 1 aromatic carbocycles. The van der Waals surface area contributed by atoms with Gasteiger partial charge in [0.05, 0.1) is 12.3 Å². The van der Waals surface area contributed by atoms with Crippen molar-refractivity contribution in [3.8, 4) is 11.5 Å². The minimum Gasteiger partial charge on any atom is -0.337 e. The number of aromatic nitrogens is 4. The van der Waals surface area contributed by atoms with Crippen LogP contribution >= 0.6 is 11.8 Å². The van der Waals surface area contributed by atoms with Gasteiger partial charge in [-0.1, -0.05) is 48.2 Å². The largest absolute Gasteiger partial charge is 0.337 e. The van der Waals surface area contributed by atoms with Crippen molar-refractivity contribution in [3.05, 3.63) is 60.3 Å². The van der Waals surface area contributed by atoms with Crippen molar-refractivity contribution in [2.75, 3.05) is 5.75 Å². The second kappa shape index (κ2) is 9.43. The molecule has 6 nitrogen and oxygen atoms in total. The van der Waals surface area contributed by atoms with Crippen molar-refractivity contribution < 1.29 is 4.79 Å². The van der Waals surface area contributed by atoms with E-state index >= 15 is 0 Å². The van der Waals surface area contributed by atoms with E-state index < -0.39 is 0 Å². The minimum atomic E-state index is 0.174. The maximum atomic E-state index is 13.0. The number of hydrogen-bond donors (Lipinski definition) is 0. The van der Waals surface area contributed by atoms with Crippen LogP contribution in [0.5, 0.6) is 0 Å². The quantitative estimate of drug-likeness (QED) is 0.556. The first-order valence-corrected chi connectivity index (χ1v) is 11.4. The predicted octanol–water partition coefficient (Wildman–Crippen LogP) is 4.27. The third-order valence-corrected chi connectivity index (χ3v) is 6.55. The lowest BCUT2D eigenvalue weighted by Crippen LogP contribution is -2.48. The first-order valence-electron chi connectivity index (χ1n) is 10.5. The number of amides is 1. The molecule has 30 heavy (non-hydrogen) atoms. The first-order chi connectivity index (χ1) is 14.6. The average Bonchev–Trinajstić information content (AvgIpc) is 3.16. The molecule has 1 saturated heterocycles. The van der Waals surface area contributed by atoms with Crippen LogP contribution in [0.15, 0.2) is 59.9 Å². The summed E-state index contributed by atoms with van der Waals surface area (Å²) >= 11 is 1.46. The molecule has 3 aromatic rings. The average molecular weight is 422 g/mol. The highest BCUT2D eigenvalue weighted by molar-refractivity contribution is 7.99. The molecule has 2 atom stereocenters. The van der Waals surface area contributed by atoms with E-state index in [2.05, 4.69) is 45.7 Å². The molecule has 2 aromatic heterocycles. The molecule has 4 rings (SSSR count). The number of pyridine rings is 1. The monoisotopic (exact) mass is 421 g/mol. The smallest absolute Gasteiger partial charge is 0.233 e. The van der Waals surface area contributed by atoms with Gasteiger partial charge < -0.3 is 4.90 Å². The molecule has 1 aliphatic rings. The maximum Gasteiger partial charge on any atom is 0.233 e. The van der Waals surface area contributed by atoms with Crippen LogP contribution in [-0.2, 0) is 11.3 Å². The Morgan fingerprint density at radius 2 is 1.77 bits per heavy atom. The Morgan fingerprint density at radius 1 is 1.03 bits per heavy atom. The van der Waals surface area contributed by atoms with Crippen LogP contribution in [0.3, 0.4) is 0 Å². The minimum absolute atomic E-state index is 0.174. The van der Waals surface area contributed by atoms with E-state index in [1.807, 2.05) is 41.3 Å². The van der Waals surface area contributed by atoms with E-state index in [0.717, 1.165) is 29.3 Å². The summed E-state index contributed by atoms with van der Waals surface area (Å²) in [5.41, 5.74) is 1.93. The second-order valence-electron chi connectivity index (χ2n) is 7.81. The molecule has 7 heteroatoms. The Morgan fingerprint density at radius 3 is 2.47 bits per heavy atom. The zero-order chi connectivity index (χ0) is 20.9. The second-order valence-corrected chi connectivity index (χ2v) is 8.75. The summed E-state index contributed by atoms with van der Waals surface area (Å²) in [6, 6.07) is 16.6. The number of hydrogen-bond acceptors (Lipinski definition) is 5. The molecule has 1 amide bonds. The van der Waals surface area contributed by atoms with Crippen LogP contribution < -0.4 is 0 Å². The molecule has 0 bridgehead atoms. The van der Waals surface area contributed by atoms with Gasteiger partial charge in [-0.3, -0.25) is 14.3 Å². The predicted molar refractivity (Wildman–Crippen MR) is 119 cm³/mol. The lowest BCUT2D eigenvalue weighted by atomic mass is 9.98. The number of rotatable bonds is 6. The molecular formula is C23H27N5OS. The summed E-state index contributed by atoms with van der Waals surface area (Å²) in [5, 5.41) is 9.56. The molecule has 0 radical (unpaired) electrons. The molecule has 0 unspecified atom stereocenters. The summed E-state index contributed by atoms with van der Waals surface area (Å²) in [6.07, 6.45) is 5.11. The number of nitrogens with zero attached hydrogens (tertiary/aromatic N) is 5. The van der Waals surface area contributed by atoms with Gasteiger partial charge in [0.25, 0.3) is 0 Å². The fourth-order valence-corrected chi connectivity index (χ4v) is 4.91. The van der Waals surface area contributed by atoms with Crippen LogP contribution in [0.1, 0.15) is 38.7 Å². The summed E-state index contributed by atoms with van der Waals surface area (Å²) < 4.78 is 2.05. The Labute approximate surface area is 181 Å². The van der Waals surface area contributed by atoms with Crippen molar-refractivity contribution in [3.63, 3.8) is 0 Å². The molecule has 1 fully saturated rings. The zero-order valence-corrected chi connectivity index (χ0v) is 18.3. The van der Waals surface area contributed by atoms with Crippen LogP contribution in [0.25, 0.3) is 11.5 Å². The van der Waals surface area contributed by atoms with Crippen molar-refractivity contribution in [1.29, 1.82) is 0 Å². The van der Waals surface area contributed by atoms with E-state index in [1.54, 1.807) is 6.20 Å². The summed E-state index contributed by atoms with van der Waals surface area (Å²) in [7, 11) is 0. The van der Waals surface area contributed by atoms with Crippen molar-refractivity contribution in [2.24, 2.45) is 0 Å². The number of thioether (sulfide) groups is 1. The van der Waals surface area contributed by atoms with Crippen molar-refractivity contribution in [2.45, 2.75) is 56.9 Å². The SMILES string of the molecule is C[C@H]1CCC[C@H](C)N1C(=O)CSc1nnc(-c2ccccn2)n1Cc1ccccc1. The van der Waals surface area contributed by atoms with Gasteiger partial charge in [0, 0.05) is 18.3 Å². The van der Waals surface area contributed by atoms with Gasteiger partial charge in [-0.2, -0.15) is 0 Å². The van der Waals surface area contributed by atoms with Crippen LogP contribution in [-0.4, -0.2) is 48.4 Å². The molecular weight excluding hydrogens is 394 g/mol. The normalized spacial score (nSPS) is 19.1. The highest BCUT2D eigenvalue weighted by atomic mass is 32.2. The Kier molecular flexibility index (Phi) is 6.47. The topological polar surface area (TPSA) is 63.9 Å².